The van der Waals surface area contributed by atoms with E-state index in [1.165, 1.54) is 0 Å². The topological polar surface area (TPSA) is 45.1 Å². The normalized spacial score (nSPS) is 12.8. The maximum absolute atomic E-state index is 8.58. The maximum Gasteiger partial charge on any atom is 0.0570 e. The second-order valence-corrected chi connectivity index (χ2v) is 2.65. The van der Waals surface area contributed by atoms with Crippen LogP contribution in [0, 0.1) is 0 Å². The van der Waals surface area contributed by atoms with Crippen LogP contribution in [0.25, 0.3) is 0 Å². The molecule has 0 aliphatic heterocycles. The highest BCUT2D eigenvalue weighted by Gasteiger charge is 2.02. The Balaban J connectivity index is 2.48. The molecule has 0 bridgehead atoms. The Morgan fingerprint density at radius 2 is 2.42 bits per heavy atom. The minimum atomic E-state index is 0.164. The Morgan fingerprint density at radius 3 is 3.00 bits per heavy atom. The first kappa shape index (κ1) is 9.16. The summed E-state index contributed by atoms with van der Waals surface area (Å²) in [5.74, 6) is 0. The van der Waals surface area contributed by atoms with E-state index in [1.54, 1.807) is 6.20 Å². The molecule has 0 saturated heterocycles. The predicted molar refractivity (Wildman–Crippen MR) is 47.7 cm³/mol. The molecule has 0 radical (unpaired) electrons. The van der Waals surface area contributed by atoms with Gasteiger partial charge in [-0.25, -0.2) is 0 Å². The number of nitrogens with one attached hydrogen (secondary N) is 1. The maximum atomic E-state index is 8.58. The molecular weight excluding hydrogens is 152 g/mol. The lowest BCUT2D eigenvalue weighted by Gasteiger charge is -2.11. The van der Waals surface area contributed by atoms with Crippen molar-refractivity contribution in [1.29, 1.82) is 0 Å². The van der Waals surface area contributed by atoms with Crippen LogP contribution < -0.4 is 5.32 Å². The first-order valence-electron chi connectivity index (χ1n) is 4.09. The highest BCUT2D eigenvalue weighted by atomic mass is 16.3. The highest BCUT2D eigenvalue weighted by Crippen LogP contribution is 2.06. The van der Waals surface area contributed by atoms with Crippen molar-refractivity contribution in [3.63, 3.8) is 0 Å². The van der Waals surface area contributed by atoms with Gasteiger partial charge in [-0.3, -0.25) is 4.98 Å². The molecule has 0 saturated carbocycles. The average molecular weight is 166 g/mol. The summed E-state index contributed by atoms with van der Waals surface area (Å²) in [6.45, 7) is 2.80. The molecule has 12 heavy (non-hydrogen) atoms. The van der Waals surface area contributed by atoms with Crippen molar-refractivity contribution in [1.82, 2.24) is 10.3 Å². The molecule has 0 fully saturated rings. The lowest BCUT2D eigenvalue weighted by Crippen LogP contribution is -2.22. The van der Waals surface area contributed by atoms with Gasteiger partial charge in [0.1, 0.15) is 0 Å². The number of nitrogens with zero attached hydrogens (tertiary/aromatic N) is 1. The first-order valence-corrected chi connectivity index (χ1v) is 4.09. The third-order valence-electron chi connectivity index (χ3n) is 1.69. The molecule has 0 aliphatic carbocycles. The van der Waals surface area contributed by atoms with Gasteiger partial charge in [0, 0.05) is 18.8 Å². The molecule has 1 aromatic rings. The Labute approximate surface area is 72.5 Å². The SMILES string of the molecule is C[C@@H](NCCO)c1ccccn1. The Hall–Kier alpha value is -0.930. The van der Waals surface area contributed by atoms with Gasteiger partial charge < -0.3 is 10.4 Å². The van der Waals surface area contributed by atoms with Crippen LogP contribution in [0.2, 0.25) is 0 Å². The third-order valence-corrected chi connectivity index (χ3v) is 1.69. The van der Waals surface area contributed by atoms with Gasteiger partial charge >= 0.3 is 0 Å². The van der Waals surface area contributed by atoms with Gasteiger partial charge in [0.2, 0.25) is 0 Å². The Morgan fingerprint density at radius 1 is 1.58 bits per heavy atom. The van der Waals surface area contributed by atoms with E-state index in [-0.39, 0.29) is 12.6 Å². The molecule has 0 amide bonds. The highest BCUT2D eigenvalue weighted by molar-refractivity contribution is 5.07. The van der Waals surface area contributed by atoms with Gasteiger partial charge in [-0.2, -0.15) is 0 Å². The molecule has 1 atom stereocenters. The van der Waals surface area contributed by atoms with Gasteiger partial charge in [-0.15, -0.1) is 0 Å². The number of hydrogen-bond acceptors (Lipinski definition) is 3. The molecule has 0 unspecified atom stereocenters. The van der Waals surface area contributed by atoms with E-state index >= 15 is 0 Å². The second kappa shape index (κ2) is 4.85. The fourth-order valence-corrected chi connectivity index (χ4v) is 1.02. The zero-order valence-electron chi connectivity index (χ0n) is 7.20. The summed E-state index contributed by atoms with van der Waals surface area (Å²) >= 11 is 0. The van der Waals surface area contributed by atoms with E-state index in [0.29, 0.717) is 6.54 Å². The smallest absolute Gasteiger partial charge is 0.0570 e. The number of aliphatic hydroxyl groups excluding tert-OH is 1. The zero-order chi connectivity index (χ0) is 8.81. The van der Waals surface area contributed by atoms with Crippen LogP contribution in [0.5, 0.6) is 0 Å². The van der Waals surface area contributed by atoms with Gasteiger partial charge in [0.25, 0.3) is 0 Å². The fraction of sp³-hybridized carbons (Fsp3) is 0.444. The van der Waals surface area contributed by atoms with Crippen LogP contribution in [0.15, 0.2) is 24.4 Å². The van der Waals surface area contributed by atoms with Crippen molar-refractivity contribution >= 4 is 0 Å². The van der Waals surface area contributed by atoms with E-state index in [0.717, 1.165) is 5.69 Å². The summed E-state index contributed by atoms with van der Waals surface area (Å²) in [4.78, 5) is 4.19. The monoisotopic (exact) mass is 166 g/mol. The molecule has 3 heteroatoms. The van der Waals surface area contributed by atoms with Crippen LogP contribution in [-0.4, -0.2) is 23.2 Å². The van der Waals surface area contributed by atoms with E-state index in [9.17, 15) is 0 Å². The summed E-state index contributed by atoms with van der Waals surface area (Å²) in [6, 6.07) is 6.02. The molecule has 0 aliphatic rings. The van der Waals surface area contributed by atoms with Gasteiger partial charge in [-0.05, 0) is 19.1 Å². The van der Waals surface area contributed by atoms with Crippen molar-refractivity contribution in [2.24, 2.45) is 0 Å². The standard InChI is InChI=1S/C9H14N2O/c1-8(10-6-7-12)9-4-2-3-5-11-9/h2-5,8,10,12H,6-7H2,1H3/t8-/m1/s1. The van der Waals surface area contributed by atoms with Crippen molar-refractivity contribution in [2.45, 2.75) is 13.0 Å². The largest absolute Gasteiger partial charge is 0.395 e. The molecule has 1 rings (SSSR count). The number of rotatable bonds is 4. The Bertz CT molecular complexity index is 213. The van der Waals surface area contributed by atoms with Crippen LogP contribution >= 0.6 is 0 Å². The lowest BCUT2D eigenvalue weighted by atomic mass is 10.2. The number of pyridine rings is 1. The molecule has 0 spiro atoms. The predicted octanol–water partition coefficient (Wildman–Crippen LogP) is 0.724. The van der Waals surface area contributed by atoms with Crippen LogP contribution in [0.4, 0.5) is 0 Å². The van der Waals surface area contributed by atoms with E-state index in [1.807, 2.05) is 25.1 Å². The van der Waals surface area contributed by atoms with Gasteiger partial charge in [0.15, 0.2) is 0 Å². The first-order chi connectivity index (χ1) is 5.84. The van der Waals surface area contributed by atoms with E-state index in [2.05, 4.69) is 10.3 Å². The quantitative estimate of drug-likeness (QED) is 0.693. The summed E-state index contributed by atoms with van der Waals surface area (Å²) in [5, 5.41) is 11.7. The van der Waals surface area contributed by atoms with Crippen molar-refractivity contribution in [3.8, 4) is 0 Å². The molecule has 2 N–H and O–H groups in total. The van der Waals surface area contributed by atoms with Gasteiger partial charge in [0.05, 0.1) is 12.3 Å². The lowest BCUT2D eigenvalue weighted by molar-refractivity contribution is 0.286. The van der Waals surface area contributed by atoms with Gasteiger partial charge in [-0.1, -0.05) is 6.07 Å². The van der Waals surface area contributed by atoms with Crippen molar-refractivity contribution in [2.75, 3.05) is 13.2 Å². The molecule has 0 aromatic carbocycles. The fourth-order valence-electron chi connectivity index (χ4n) is 1.02. The van der Waals surface area contributed by atoms with Crippen LogP contribution in [-0.2, 0) is 0 Å². The molecular formula is C9H14N2O. The van der Waals surface area contributed by atoms with E-state index in [4.69, 9.17) is 5.11 Å². The molecule has 66 valence electrons. The number of aromatic nitrogens is 1. The van der Waals surface area contributed by atoms with Crippen molar-refractivity contribution < 1.29 is 5.11 Å². The summed E-state index contributed by atoms with van der Waals surface area (Å²) in [7, 11) is 0. The molecule has 3 nitrogen and oxygen atoms in total. The molecule has 1 heterocycles. The van der Waals surface area contributed by atoms with Crippen LogP contribution in [0.3, 0.4) is 0 Å². The minimum Gasteiger partial charge on any atom is -0.395 e. The average Bonchev–Trinajstić information content (AvgIpc) is 2.15. The minimum absolute atomic E-state index is 0.164. The summed E-state index contributed by atoms with van der Waals surface area (Å²) in [6.07, 6.45) is 1.77. The second-order valence-electron chi connectivity index (χ2n) is 2.65. The summed E-state index contributed by atoms with van der Waals surface area (Å²) < 4.78 is 0. The third kappa shape index (κ3) is 2.60. The van der Waals surface area contributed by atoms with E-state index < -0.39 is 0 Å². The summed E-state index contributed by atoms with van der Waals surface area (Å²) in [5.41, 5.74) is 1.01. The Kier molecular flexibility index (Phi) is 3.70. The zero-order valence-corrected chi connectivity index (χ0v) is 7.20. The number of aliphatic hydroxyl groups is 1. The number of hydrogen-bond donors (Lipinski definition) is 2. The molecule has 1 aromatic heterocycles. The van der Waals surface area contributed by atoms with Crippen LogP contribution in [0.1, 0.15) is 18.7 Å². The van der Waals surface area contributed by atoms with Crippen molar-refractivity contribution in [3.05, 3.63) is 30.1 Å².